The van der Waals surface area contributed by atoms with Gasteiger partial charge in [-0.25, -0.2) is 4.79 Å². The number of nitrogens with one attached hydrogen (secondary N) is 1. The van der Waals surface area contributed by atoms with Crippen LogP contribution in [-0.2, 0) is 4.74 Å². The van der Waals surface area contributed by atoms with Crippen LogP contribution in [0.3, 0.4) is 0 Å². The fourth-order valence-corrected chi connectivity index (χ4v) is 3.83. The Hall–Kier alpha value is -1.55. The largest absolute Gasteiger partial charge is 0.449 e. The van der Waals surface area contributed by atoms with Gasteiger partial charge in [-0.3, -0.25) is 0 Å². The molecule has 1 saturated carbocycles. The van der Waals surface area contributed by atoms with Gasteiger partial charge in [0.25, 0.3) is 0 Å². The molecule has 3 unspecified atom stereocenters. The molecule has 0 radical (unpaired) electrons. The van der Waals surface area contributed by atoms with E-state index >= 15 is 0 Å². The summed E-state index contributed by atoms with van der Waals surface area (Å²) in [5.74, 6) is 1.71. The topological polar surface area (TPSA) is 41.6 Å². The number of carbonyl (C=O) groups is 1. The van der Waals surface area contributed by atoms with Crippen LogP contribution < -0.4 is 5.32 Å². The number of hydrogen-bond donors (Lipinski definition) is 1. The highest BCUT2D eigenvalue weighted by Gasteiger charge is 2.40. The van der Waals surface area contributed by atoms with Gasteiger partial charge < -0.3 is 15.0 Å². The summed E-state index contributed by atoms with van der Waals surface area (Å²) in [6.45, 7) is 8.58. The Morgan fingerprint density at radius 3 is 2.52 bits per heavy atom. The van der Waals surface area contributed by atoms with Crippen LogP contribution in [0, 0.1) is 11.8 Å². The Bertz CT molecular complexity index is 552. The maximum absolute atomic E-state index is 12.1. The molecule has 25 heavy (non-hydrogen) atoms. The Morgan fingerprint density at radius 1 is 1.20 bits per heavy atom. The first-order chi connectivity index (χ1) is 12.0. The summed E-state index contributed by atoms with van der Waals surface area (Å²) in [5.41, 5.74) is 1.45. The van der Waals surface area contributed by atoms with Gasteiger partial charge in [0, 0.05) is 31.1 Å². The molecule has 1 aliphatic heterocycles. The second-order valence-electron chi connectivity index (χ2n) is 8.11. The van der Waals surface area contributed by atoms with Crippen LogP contribution in [0.25, 0.3) is 0 Å². The van der Waals surface area contributed by atoms with Crippen LogP contribution in [-0.4, -0.2) is 42.8 Å². The lowest BCUT2D eigenvalue weighted by Crippen LogP contribution is -2.45. The third-order valence-corrected chi connectivity index (χ3v) is 5.54. The number of likely N-dealkylation sites (tertiary alicyclic amines) is 1. The zero-order valence-electron chi connectivity index (χ0n) is 15.8. The van der Waals surface area contributed by atoms with Gasteiger partial charge >= 0.3 is 6.09 Å². The van der Waals surface area contributed by atoms with Crippen molar-refractivity contribution in [2.24, 2.45) is 11.8 Å². The molecule has 1 amide bonds. The van der Waals surface area contributed by atoms with Crippen molar-refractivity contribution >= 4 is 6.09 Å². The summed E-state index contributed by atoms with van der Waals surface area (Å²) in [4.78, 5) is 13.9. The zero-order valence-corrected chi connectivity index (χ0v) is 15.8. The molecular formula is C21H32N2O2. The molecule has 2 aliphatic rings. The summed E-state index contributed by atoms with van der Waals surface area (Å²) >= 11 is 0. The summed E-state index contributed by atoms with van der Waals surface area (Å²) < 4.78 is 5.35. The molecule has 1 saturated heterocycles. The predicted molar refractivity (Wildman–Crippen MR) is 101 cm³/mol. The fourth-order valence-electron chi connectivity index (χ4n) is 3.83. The summed E-state index contributed by atoms with van der Waals surface area (Å²) in [6.07, 6.45) is 3.23. The maximum atomic E-state index is 12.1. The van der Waals surface area contributed by atoms with Crippen LogP contribution >= 0.6 is 0 Å². The van der Waals surface area contributed by atoms with E-state index in [2.05, 4.69) is 56.4 Å². The standard InChI is InChI=1S/C21H32N2O2/c1-15(2)14-25-21(24)23-11-9-17(10-12-23)16(3)22-20-13-19(20)18-7-5-4-6-8-18/h4-8,15-17,19-20,22H,9-14H2,1-3H3. The van der Waals surface area contributed by atoms with Crippen molar-refractivity contribution in [3.63, 3.8) is 0 Å². The third kappa shape index (κ3) is 4.97. The maximum Gasteiger partial charge on any atom is 0.409 e. The van der Waals surface area contributed by atoms with E-state index in [9.17, 15) is 4.79 Å². The van der Waals surface area contributed by atoms with Gasteiger partial charge in [0.2, 0.25) is 0 Å². The third-order valence-electron chi connectivity index (χ3n) is 5.54. The number of piperidine rings is 1. The number of rotatable bonds is 6. The average molecular weight is 344 g/mol. The van der Waals surface area contributed by atoms with Gasteiger partial charge in [-0.1, -0.05) is 44.2 Å². The van der Waals surface area contributed by atoms with Crippen molar-refractivity contribution in [2.45, 2.75) is 58.0 Å². The second kappa shape index (κ2) is 8.22. The van der Waals surface area contributed by atoms with Crippen LogP contribution in [0.4, 0.5) is 4.79 Å². The highest BCUT2D eigenvalue weighted by atomic mass is 16.6. The minimum absolute atomic E-state index is 0.140. The Labute approximate surface area is 151 Å². The molecule has 1 aromatic carbocycles. The molecule has 3 atom stereocenters. The highest BCUT2D eigenvalue weighted by molar-refractivity contribution is 5.67. The smallest absolute Gasteiger partial charge is 0.409 e. The van der Waals surface area contributed by atoms with E-state index < -0.39 is 0 Å². The summed E-state index contributed by atoms with van der Waals surface area (Å²) in [7, 11) is 0. The lowest BCUT2D eigenvalue weighted by molar-refractivity contribution is 0.0757. The molecule has 138 valence electrons. The molecule has 1 heterocycles. The minimum Gasteiger partial charge on any atom is -0.449 e. The van der Waals surface area contributed by atoms with Gasteiger partial charge in [0.05, 0.1) is 6.61 Å². The number of carbonyl (C=O) groups excluding carboxylic acids is 1. The normalized spacial score (nSPS) is 25.0. The number of ether oxygens (including phenoxy) is 1. The summed E-state index contributed by atoms with van der Waals surface area (Å²) in [5, 5.41) is 3.82. The van der Waals surface area contributed by atoms with E-state index in [1.807, 2.05) is 4.90 Å². The molecule has 4 nitrogen and oxygen atoms in total. The molecule has 1 aliphatic carbocycles. The number of amides is 1. The summed E-state index contributed by atoms with van der Waals surface area (Å²) in [6, 6.07) is 11.9. The van der Waals surface area contributed by atoms with Crippen LogP contribution in [0.15, 0.2) is 30.3 Å². The lowest BCUT2D eigenvalue weighted by atomic mass is 9.90. The molecule has 3 rings (SSSR count). The van der Waals surface area contributed by atoms with Gasteiger partial charge in [0.1, 0.15) is 0 Å². The number of benzene rings is 1. The van der Waals surface area contributed by atoms with E-state index in [-0.39, 0.29) is 6.09 Å². The molecule has 0 spiro atoms. The van der Waals surface area contributed by atoms with E-state index in [1.54, 1.807) is 0 Å². The minimum atomic E-state index is -0.140. The number of nitrogens with zero attached hydrogens (tertiary/aromatic N) is 1. The van der Waals surface area contributed by atoms with E-state index in [4.69, 9.17) is 4.74 Å². The van der Waals surface area contributed by atoms with E-state index in [0.717, 1.165) is 25.9 Å². The van der Waals surface area contributed by atoms with E-state index in [0.29, 0.717) is 36.4 Å². The average Bonchev–Trinajstić information content (AvgIpc) is 3.39. The Balaban J connectivity index is 1.39. The SMILES string of the molecule is CC(C)COC(=O)N1CCC(C(C)NC2CC2c2ccccc2)CC1. The second-order valence-corrected chi connectivity index (χ2v) is 8.11. The fraction of sp³-hybridized carbons (Fsp3) is 0.667. The van der Waals surface area contributed by atoms with E-state index in [1.165, 1.54) is 12.0 Å². The Kier molecular flexibility index (Phi) is 6.00. The van der Waals surface area contributed by atoms with Crippen LogP contribution in [0.1, 0.15) is 51.5 Å². The number of hydrogen-bond acceptors (Lipinski definition) is 3. The molecule has 2 fully saturated rings. The highest BCUT2D eigenvalue weighted by Crippen LogP contribution is 2.41. The lowest BCUT2D eigenvalue weighted by Gasteiger charge is -2.35. The predicted octanol–water partition coefficient (Wildman–Crippen LogP) is 4.03. The van der Waals surface area contributed by atoms with Gasteiger partial charge in [-0.15, -0.1) is 0 Å². The van der Waals surface area contributed by atoms with Crippen molar-refractivity contribution in [1.29, 1.82) is 0 Å². The van der Waals surface area contributed by atoms with Crippen LogP contribution in [0.5, 0.6) is 0 Å². The van der Waals surface area contributed by atoms with Crippen molar-refractivity contribution in [3.8, 4) is 0 Å². The van der Waals surface area contributed by atoms with Crippen molar-refractivity contribution in [2.75, 3.05) is 19.7 Å². The molecule has 0 aromatic heterocycles. The van der Waals surface area contributed by atoms with Gasteiger partial charge in [-0.2, -0.15) is 0 Å². The first-order valence-corrected chi connectivity index (χ1v) is 9.77. The molecule has 4 heteroatoms. The van der Waals surface area contributed by atoms with Crippen molar-refractivity contribution < 1.29 is 9.53 Å². The molecular weight excluding hydrogens is 312 g/mol. The first-order valence-electron chi connectivity index (χ1n) is 9.77. The molecule has 1 N–H and O–H groups in total. The first kappa shape index (κ1) is 18.2. The zero-order chi connectivity index (χ0) is 17.8. The Morgan fingerprint density at radius 2 is 1.88 bits per heavy atom. The molecule has 1 aromatic rings. The quantitative estimate of drug-likeness (QED) is 0.847. The van der Waals surface area contributed by atoms with Gasteiger partial charge in [-0.05, 0) is 43.6 Å². The monoisotopic (exact) mass is 344 g/mol. The van der Waals surface area contributed by atoms with Crippen LogP contribution in [0.2, 0.25) is 0 Å². The van der Waals surface area contributed by atoms with Crippen molar-refractivity contribution in [3.05, 3.63) is 35.9 Å². The van der Waals surface area contributed by atoms with Crippen molar-refractivity contribution in [1.82, 2.24) is 10.2 Å². The van der Waals surface area contributed by atoms with Gasteiger partial charge in [0.15, 0.2) is 0 Å². The molecule has 0 bridgehead atoms.